The van der Waals surface area contributed by atoms with E-state index in [2.05, 4.69) is 10.1 Å². The molecule has 1 aliphatic heterocycles. The zero-order valence-electron chi connectivity index (χ0n) is 17.1. The molecule has 0 saturated carbocycles. The summed E-state index contributed by atoms with van der Waals surface area (Å²) in [5, 5.41) is 9.89. The summed E-state index contributed by atoms with van der Waals surface area (Å²) in [5.74, 6) is -1.51. The highest BCUT2D eigenvalue weighted by atomic mass is 32.1. The molecule has 10 heteroatoms. The van der Waals surface area contributed by atoms with E-state index >= 15 is 0 Å². The van der Waals surface area contributed by atoms with Gasteiger partial charge in [0, 0.05) is 17.0 Å². The van der Waals surface area contributed by atoms with Gasteiger partial charge >= 0.3 is 5.97 Å². The van der Waals surface area contributed by atoms with E-state index in [0.717, 1.165) is 15.5 Å². The third-order valence-corrected chi connectivity index (χ3v) is 7.01. The van der Waals surface area contributed by atoms with Crippen molar-refractivity contribution in [1.82, 2.24) is 14.6 Å². The molecule has 5 rings (SSSR count). The number of hydrazone groups is 1. The van der Waals surface area contributed by atoms with Gasteiger partial charge in [0.25, 0.3) is 5.91 Å². The number of hydrogen-bond acceptors (Lipinski definition) is 7. The van der Waals surface area contributed by atoms with Crippen molar-refractivity contribution >= 4 is 40.3 Å². The fourth-order valence-electron chi connectivity index (χ4n) is 3.56. The smallest absolute Gasteiger partial charge is 0.357 e. The predicted octanol–water partition coefficient (Wildman–Crippen LogP) is 4.67. The van der Waals surface area contributed by atoms with Crippen molar-refractivity contribution in [2.24, 2.45) is 5.10 Å². The van der Waals surface area contributed by atoms with Crippen molar-refractivity contribution in [2.45, 2.75) is 12.5 Å². The molecular formula is C23H17FN4O3S2. The highest BCUT2D eigenvalue weighted by molar-refractivity contribution is 7.12. The van der Waals surface area contributed by atoms with Crippen molar-refractivity contribution in [2.75, 3.05) is 6.61 Å². The average Bonchev–Trinajstić information content (AvgIpc) is 3.63. The number of nitrogens with zero attached hydrogens (tertiary/aromatic N) is 4. The van der Waals surface area contributed by atoms with E-state index in [1.54, 1.807) is 22.7 Å². The molecule has 0 N–H and O–H groups in total. The first-order chi connectivity index (χ1) is 16.1. The number of esters is 1. The Morgan fingerprint density at radius 1 is 1.09 bits per heavy atom. The lowest BCUT2D eigenvalue weighted by Crippen LogP contribution is -2.31. The van der Waals surface area contributed by atoms with E-state index in [1.165, 1.54) is 46.4 Å². The summed E-state index contributed by atoms with van der Waals surface area (Å²) in [6.45, 7) is -0.462. The summed E-state index contributed by atoms with van der Waals surface area (Å²) in [7, 11) is 0. The number of rotatable bonds is 6. The first-order valence-electron chi connectivity index (χ1n) is 10.0. The number of imidazole rings is 1. The molecule has 4 heterocycles. The second-order valence-corrected chi connectivity index (χ2v) is 9.13. The molecule has 4 aromatic rings. The first kappa shape index (κ1) is 21.2. The number of halogens is 1. The van der Waals surface area contributed by atoms with Crippen molar-refractivity contribution < 1.29 is 18.7 Å². The van der Waals surface area contributed by atoms with E-state index in [0.29, 0.717) is 12.1 Å². The molecule has 1 amide bonds. The van der Waals surface area contributed by atoms with Gasteiger partial charge in [0.15, 0.2) is 12.3 Å². The standard InChI is InChI=1S/C23H17FN4O3S2/c24-15-5-7-16(8-6-15)27-14-25-12-19(27)23(30)31-13-22(29)28-18(21-4-2-10-33-21)11-17(26-28)20-3-1-9-32-20/h1-10,12,14,18H,11,13H2. The molecule has 3 aromatic heterocycles. The van der Waals surface area contributed by atoms with Crippen LogP contribution in [0.15, 0.2) is 76.9 Å². The monoisotopic (exact) mass is 480 g/mol. The molecule has 33 heavy (non-hydrogen) atoms. The van der Waals surface area contributed by atoms with Crippen LogP contribution in [-0.2, 0) is 9.53 Å². The van der Waals surface area contributed by atoms with E-state index < -0.39 is 18.5 Å². The Hall–Kier alpha value is -3.63. The highest BCUT2D eigenvalue weighted by Gasteiger charge is 2.34. The summed E-state index contributed by atoms with van der Waals surface area (Å²) in [6, 6.07) is 13.2. The van der Waals surface area contributed by atoms with Gasteiger partial charge in [-0.05, 0) is 47.2 Å². The van der Waals surface area contributed by atoms with Gasteiger partial charge in [-0.1, -0.05) is 12.1 Å². The quantitative estimate of drug-likeness (QED) is 0.376. The van der Waals surface area contributed by atoms with Gasteiger partial charge in [0.05, 0.1) is 29.2 Å². The zero-order chi connectivity index (χ0) is 22.8. The second kappa shape index (κ2) is 9.08. The maximum absolute atomic E-state index is 13.2. The summed E-state index contributed by atoms with van der Waals surface area (Å²) >= 11 is 3.12. The normalized spacial score (nSPS) is 15.5. The molecule has 0 radical (unpaired) electrons. The predicted molar refractivity (Wildman–Crippen MR) is 123 cm³/mol. The van der Waals surface area contributed by atoms with E-state index in [4.69, 9.17) is 4.74 Å². The Morgan fingerprint density at radius 3 is 2.61 bits per heavy atom. The number of ether oxygens (including phenoxy) is 1. The van der Waals surface area contributed by atoms with Gasteiger partial charge in [-0.3, -0.25) is 9.36 Å². The highest BCUT2D eigenvalue weighted by Crippen LogP contribution is 2.35. The van der Waals surface area contributed by atoms with Gasteiger partial charge in [-0.15, -0.1) is 22.7 Å². The maximum Gasteiger partial charge on any atom is 0.357 e. The molecule has 0 aliphatic carbocycles. The summed E-state index contributed by atoms with van der Waals surface area (Å²) < 4.78 is 20.0. The molecule has 0 bridgehead atoms. The summed E-state index contributed by atoms with van der Waals surface area (Å²) in [6.07, 6.45) is 3.36. The molecule has 1 aromatic carbocycles. The molecule has 1 atom stereocenters. The van der Waals surface area contributed by atoms with Gasteiger partial charge in [0.2, 0.25) is 0 Å². The van der Waals surface area contributed by atoms with Crippen LogP contribution in [-0.4, -0.2) is 38.8 Å². The van der Waals surface area contributed by atoms with Gasteiger partial charge in [-0.2, -0.15) is 5.10 Å². The molecule has 0 spiro atoms. The van der Waals surface area contributed by atoms with Crippen LogP contribution in [0.4, 0.5) is 4.39 Å². The third kappa shape index (κ3) is 4.35. The third-order valence-electron chi connectivity index (χ3n) is 5.12. The van der Waals surface area contributed by atoms with Crippen LogP contribution in [0.25, 0.3) is 5.69 Å². The van der Waals surface area contributed by atoms with E-state index in [1.807, 2.05) is 35.0 Å². The number of thiophene rings is 2. The minimum atomic E-state index is -0.709. The number of carbonyl (C=O) groups is 2. The van der Waals surface area contributed by atoms with Crippen molar-refractivity contribution in [3.8, 4) is 5.69 Å². The summed E-state index contributed by atoms with van der Waals surface area (Å²) in [4.78, 5) is 31.7. The molecule has 7 nitrogen and oxygen atoms in total. The Morgan fingerprint density at radius 2 is 1.88 bits per heavy atom. The first-order valence-corrected chi connectivity index (χ1v) is 11.8. The molecular weight excluding hydrogens is 463 g/mol. The lowest BCUT2D eigenvalue weighted by atomic mass is 10.1. The minimum absolute atomic E-state index is 0.133. The Labute approximate surface area is 196 Å². The number of amides is 1. The van der Waals surface area contributed by atoms with Crippen LogP contribution in [0.1, 0.15) is 32.7 Å². The molecule has 166 valence electrons. The second-order valence-electron chi connectivity index (χ2n) is 7.20. The largest absolute Gasteiger partial charge is 0.451 e. The van der Waals surface area contributed by atoms with Crippen molar-refractivity contribution in [3.63, 3.8) is 0 Å². The Kier molecular flexibility index (Phi) is 5.84. The van der Waals surface area contributed by atoms with Crippen LogP contribution in [0.2, 0.25) is 0 Å². The fraction of sp³-hybridized carbons (Fsp3) is 0.130. The van der Waals surface area contributed by atoms with Crippen LogP contribution in [0.3, 0.4) is 0 Å². The Balaban J connectivity index is 1.31. The fourth-order valence-corrected chi connectivity index (χ4v) is 5.09. The summed E-state index contributed by atoms with van der Waals surface area (Å²) in [5.41, 5.74) is 1.51. The molecule has 0 fully saturated rings. The Bertz CT molecular complexity index is 1300. The van der Waals surface area contributed by atoms with Crippen LogP contribution >= 0.6 is 22.7 Å². The topological polar surface area (TPSA) is 76.8 Å². The number of hydrogen-bond donors (Lipinski definition) is 0. The van der Waals surface area contributed by atoms with Gasteiger partial charge in [0.1, 0.15) is 5.82 Å². The van der Waals surface area contributed by atoms with E-state index in [-0.39, 0.29) is 17.6 Å². The van der Waals surface area contributed by atoms with Gasteiger partial charge < -0.3 is 4.74 Å². The number of carbonyl (C=O) groups excluding carboxylic acids is 2. The molecule has 1 aliphatic rings. The van der Waals surface area contributed by atoms with E-state index in [9.17, 15) is 14.0 Å². The van der Waals surface area contributed by atoms with Crippen LogP contribution in [0.5, 0.6) is 0 Å². The molecule has 0 saturated heterocycles. The zero-order valence-corrected chi connectivity index (χ0v) is 18.8. The number of benzene rings is 1. The van der Waals surface area contributed by atoms with Crippen molar-refractivity contribution in [3.05, 3.63) is 93.1 Å². The molecule has 1 unspecified atom stereocenters. The SMILES string of the molecule is O=C(OCC(=O)N1N=C(c2cccs2)CC1c1cccs1)c1cncn1-c1ccc(F)cc1. The lowest BCUT2D eigenvalue weighted by Gasteiger charge is -2.20. The maximum atomic E-state index is 13.2. The minimum Gasteiger partial charge on any atom is -0.451 e. The van der Waals surface area contributed by atoms with Crippen LogP contribution in [0, 0.1) is 5.82 Å². The number of aromatic nitrogens is 2. The van der Waals surface area contributed by atoms with Crippen LogP contribution < -0.4 is 0 Å². The van der Waals surface area contributed by atoms with Gasteiger partial charge in [-0.25, -0.2) is 19.2 Å². The average molecular weight is 481 g/mol. The lowest BCUT2D eigenvalue weighted by molar-refractivity contribution is -0.136. The van der Waals surface area contributed by atoms with Crippen molar-refractivity contribution in [1.29, 1.82) is 0 Å².